The number of hydrogen-bond acceptors (Lipinski definition) is 4. The fourth-order valence-corrected chi connectivity index (χ4v) is 2.66. The van der Waals surface area contributed by atoms with Crippen molar-refractivity contribution in [2.45, 2.75) is 13.8 Å². The van der Waals surface area contributed by atoms with Gasteiger partial charge in [0.1, 0.15) is 10.8 Å². The van der Waals surface area contributed by atoms with Crippen LogP contribution in [0.3, 0.4) is 0 Å². The van der Waals surface area contributed by atoms with Crippen molar-refractivity contribution in [3.63, 3.8) is 0 Å². The molecule has 0 fully saturated rings. The zero-order chi connectivity index (χ0) is 14.7. The van der Waals surface area contributed by atoms with E-state index in [1.54, 1.807) is 13.0 Å². The van der Waals surface area contributed by atoms with Crippen molar-refractivity contribution in [3.8, 4) is 10.6 Å². The van der Waals surface area contributed by atoms with Crippen LogP contribution in [0.25, 0.3) is 10.6 Å². The number of benzene rings is 1. The molecule has 1 aromatic carbocycles. The van der Waals surface area contributed by atoms with Gasteiger partial charge in [-0.2, -0.15) is 5.10 Å². The third-order valence-electron chi connectivity index (χ3n) is 2.51. The zero-order valence-electron chi connectivity index (χ0n) is 11.1. The van der Waals surface area contributed by atoms with E-state index in [0.29, 0.717) is 5.71 Å². The van der Waals surface area contributed by atoms with E-state index in [0.717, 1.165) is 21.1 Å². The molecule has 0 aliphatic carbocycles. The highest BCUT2D eigenvalue weighted by atomic mass is 32.1. The number of rotatable bonds is 3. The van der Waals surface area contributed by atoms with Crippen LogP contribution in [0.1, 0.15) is 17.5 Å². The molecule has 1 heterocycles. The van der Waals surface area contributed by atoms with Gasteiger partial charge in [0.05, 0.1) is 16.3 Å². The van der Waals surface area contributed by atoms with Crippen molar-refractivity contribution < 1.29 is 4.39 Å². The largest absolute Gasteiger partial charge is 0.369 e. The van der Waals surface area contributed by atoms with E-state index in [9.17, 15) is 4.39 Å². The summed E-state index contributed by atoms with van der Waals surface area (Å²) in [5.41, 5.74) is 12.7. The van der Waals surface area contributed by atoms with Crippen molar-refractivity contribution in [2.24, 2.45) is 21.7 Å². The molecule has 0 saturated carbocycles. The van der Waals surface area contributed by atoms with Crippen LogP contribution in [0.5, 0.6) is 0 Å². The third-order valence-corrected chi connectivity index (χ3v) is 3.83. The first-order valence-corrected chi connectivity index (χ1v) is 6.66. The first-order chi connectivity index (χ1) is 9.47. The van der Waals surface area contributed by atoms with Gasteiger partial charge in [0.25, 0.3) is 0 Å². The van der Waals surface area contributed by atoms with Crippen LogP contribution in [0.4, 0.5) is 4.39 Å². The maximum absolute atomic E-state index is 13.2. The molecule has 5 nitrogen and oxygen atoms in total. The third kappa shape index (κ3) is 3.18. The molecule has 1 aromatic heterocycles. The SMILES string of the molecule is C/C(=N/N=C(N)N)c1sc(-c2cccc(F)c2)nc1C. The predicted octanol–water partition coefficient (Wildman–Crippen LogP) is 2.26. The first kappa shape index (κ1) is 14.1. The Bertz CT molecular complexity index is 686. The fourth-order valence-electron chi connectivity index (χ4n) is 1.66. The van der Waals surface area contributed by atoms with Gasteiger partial charge in [-0.25, -0.2) is 9.37 Å². The van der Waals surface area contributed by atoms with Crippen LogP contribution in [-0.2, 0) is 0 Å². The first-order valence-electron chi connectivity index (χ1n) is 5.84. The van der Waals surface area contributed by atoms with E-state index < -0.39 is 0 Å². The van der Waals surface area contributed by atoms with Gasteiger partial charge in [0.2, 0.25) is 5.96 Å². The number of halogens is 1. The smallest absolute Gasteiger partial charge is 0.211 e. The second-order valence-corrected chi connectivity index (χ2v) is 5.15. The Kier molecular flexibility index (Phi) is 4.09. The molecule has 0 aliphatic heterocycles. The molecule has 0 saturated heterocycles. The Morgan fingerprint density at radius 2 is 2.05 bits per heavy atom. The quantitative estimate of drug-likeness (QED) is 0.516. The zero-order valence-corrected chi connectivity index (χ0v) is 11.9. The Morgan fingerprint density at radius 1 is 1.30 bits per heavy atom. The van der Waals surface area contributed by atoms with Gasteiger partial charge in [-0.3, -0.25) is 0 Å². The summed E-state index contributed by atoms with van der Waals surface area (Å²) in [6.45, 7) is 3.66. The molecule has 0 atom stereocenters. The summed E-state index contributed by atoms with van der Waals surface area (Å²) in [6.07, 6.45) is 0. The lowest BCUT2D eigenvalue weighted by Crippen LogP contribution is -2.22. The molecule has 0 amide bonds. The molecule has 0 radical (unpaired) electrons. The average molecular weight is 291 g/mol. The summed E-state index contributed by atoms with van der Waals surface area (Å²) in [6, 6.07) is 6.32. The van der Waals surface area contributed by atoms with Gasteiger partial charge < -0.3 is 11.5 Å². The van der Waals surface area contributed by atoms with E-state index in [-0.39, 0.29) is 11.8 Å². The summed E-state index contributed by atoms with van der Waals surface area (Å²) >= 11 is 1.42. The van der Waals surface area contributed by atoms with Gasteiger partial charge >= 0.3 is 0 Å². The number of hydrogen-bond donors (Lipinski definition) is 2. The highest BCUT2D eigenvalue weighted by Crippen LogP contribution is 2.28. The average Bonchev–Trinajstić information content (AvgIpc) is 2.78. The molecule has 2 aromatic rings. The van der Waals surface area contributed by atoms with E-state index in [1.807, 2.05) is 13.0 Å². The van der Waals surface area contributed by atoms with Crippen LogP contribution >= 0.6 is 11.3 Å². The van der Waals surface area contributed by atoms with Gasteiger partial charge in [0, 0.05) is 5.56 Å². The Morgan fingerprint density at radius 3 is 2.70 bits per heavy atom. The summed E-state index contributed by atoms with van der Waals surface area (Å²) in [7, 11) is 0. The van der Waals surface area contributed by atoms with Gasteiger partial charge in [-0.1, -0.05) is 12.1 Å². The number of nitrogens with zero attached hydrogens (tertiary/aromatic N) is 3. The minimum absolute atomic E-state index is 0.100. The molecular formula is C13H14FN5S. The molecule has 0 spiro atoms. The molecular weight excluding hydrogens is 277 g/mol. The van der Waals surface area contributed by atoms with E-state index >= 15 is 0 Å². The van der Waals surface area contributed by atoms with Crippen LogP contribution < -0.4 is 11.5 Å². The van der Waals surface area contributed by atoms with Crippen molar-refractivity contribution in [1.82, 2.24) is 4.98 Å². The summed E-state index contributed by atoms with van der Waals surface area (Å²) in [5, 5.41) is 8.28. The van der Waals surface area contributed by atoms with Gasteiger partial charge in [-0.15, -0.1) is 16.4 Å². The summed E-state index contributed by atoms with van der Waals surface area (Å²) in [4.78, 5) is 5.30. The van der Waals surface area contributed by atoms with E-state index in [2.05, 4.69) is 15.2 Å². The fraction of sp³-hybridized carbons (Fsp3) is 0.154. The normalized spacial score (nSPS) is 11.4. The van der Waals surface area contributed by atoms with E-state index in [1.165, 1.54) is 23.5 Å². The number of aromatic nitrogens is 1. The molecule has 4 N–H and O–H groups in total. The molecule has 0 unspecified atom stereocenters. The molecule has 2 rings (SSSR count). The Hall–Kier alpha value is -2.28. The highest BCUT2D eigenvalue weighted by molar-refractivity contribution is 7.17. The molecule has 0 bridgehead atoms. The lowest BCUT2D eigenvalue weighted by molar-refractivity contribution is 0.628. The van der Waals surface area contributed by atoms with Crippen LogP contribution in [0, 0.1) is 12.7 Å². The topological polar surface area (TPSA) is 89.6 Å². The minimum atomic E-state index is -0.289. The summed E-state index contributed by atoms with van der Waals surface area (Å²) in [5.74, 6) is -0.389. The Balaban J connectivity index is 2.40. The number of aryl methyl sites for hydroxylation is 1. The predicted molar refractivity (Wildman–Crippen MR) is 80.3 cm³/mol. The van der Waals surface area contributed by atoms with Crippen LogP contribution in [0.15, 0.2) is 34.5 Å². The second kappa shape index (κ2) is 5.79. The molecule has 0 aliphatic rings. The molecule has 7 heteroatoms. The van der Waals surface area contributed by atoms with Crippen molar-refractivity contribution >= 4 is 23.0 Å². The maximum Gasteiger partial charge on any atom is 0.211 e. The van der Waals surface area contributed by atoms with E-state index in [4.69, 9.17) is 11.5 Å². The lowest BCUT2D eigenvalue weighted by atomic mass is 10.2. The van der Waals surface area contributed by atoms with Crippen LogP contribution in [0.2, 0.25) is 0 Å². The second-order valence-electron chi connectivity index (χ2n) is 4.15. The van der Waals surface area contributed by atoms with Crippen molar-refractivity contribution in [3.05, 3.63) is 40.7 Å². The minimum Gasteiger partial charge on any atom is -0.369 e. The number of guanidine groups is 1. The number of nitrogens with two attached hydrogens (primary N) is 2. The monoisotopic (exact) mass is 291 g/mol. The summed E-state index contributed by atoms with van der Waals surface area (Å²) < 4.78 is 13.2. The molecule has 104 valence electrons. The Labute approximate surface area is 119 Å². The van der Waals surface area contributed by atoms with Crippen molar-refractivity contribution in [1.29, 1.82) is 0 Å². The maximum atomic E-state index is 13.2. The number of thiazole rings is 1. The van der Waals surface area contributed by atoms with Crippen LogP contribution in [-0.4, -0.2) is 16.7 Å². The lowest BCUT2D eigenvalue weighted by Gasteiger charge is -1.95. The molecule has 20 heavy (non-hydrogen) atoms. The standard InChI is InChI=1S/C13H14FN5S/c1-7-11(8(2)18-19-13(15)16)20-12(17-7)9-4-3-5-10(14)6-9/h3-6H,1-2H3,(H4,15,16,19)/b18-8-. The van der Waals surface area contributed by atoms with Gasteiger partial charge in [0.15, 0.2) is 0 Å². The van der Waals surface area contributed by atoms with Gasteiger partial charge in [-0.05, 0) is 26.0 Å². The highest BCUT2D eigenvalue weighted by Gasteiger charge is 2.12. The van der Waals surface area contributed by atoms with Crippen molar-refractivity contribution in [2.75, 3.05) is 0 Å².